The molecule has 2 unspecified atom stereocenters. The number of ether oxygens (including phenoxy) is 2. The number of rotatable bonds is 8. The first-order valence-corrected chi connectivity index (χ1v) is 10.3. The average Bonchev–Trinajstić information content (AvgIpc) is 3.17. The van der Waals surface area contributed by atoms with Crippen LogP contribution in [0.15, 0.2) is 11.3 Å². The van der Waals surface area contributed by atoms with E-state index in [1.165, 1.54) is 10.9 Å². The molecule has 3 heterocycles. The van der Waals surface area contributed by atoms with E-state index in [4.69, 9.17) is 24.3 Å². The lowest BCUT2D eigenvalue weighted by Crippen LogP contribution is -2.37. The Morgan fingerprint density at radius 2 is 2.11 bits per heavy atom. The van der Waals surface area contributed by atoms with Crippen molar-refractivity contribution in [1.82, 2.24) is 14.9 Å². The number of aliphatic hydroxyl groups is 2. The summed E-state index contributed by atoms with van der Waals surface area (Å²) in [4.78, 5) is 8.18. The Balaban J connectivity index is 1.69. The molecule has 152 valence electrons. The largest absolute Gasteiger partial charge is 0.388 e. The topological polar surface area (TPSA) is 163 Å². The number of nitrogens with zero attached hydrogens (tertiary/aromatic N) is 3. The zero-order valence-corrected chi connectivity index (χ0v) is 15.9. The van der Waals surface area contributed by atoms with E-state index in [1.807, 2.05) is 0 Å². The third kappa shape index (κ3) is 4.32. The van der Waals surface area contributed by atoms with Crippen LogP contribution in [0.1, 0.15) is 38.4 Å². The Morgan fingerprint density at radius 1 is 1.41 bits per heavy atom. The van der Waals surface area contributed by atoms with Crippen LogP contribution in [-0.2, 0) is 23.1 Å². The fraction of sp³-hybridized carbons (Fsp3) is 0.714. The first kappa shape index (κ1) is 20.2. The van der Waals surface area contributed by atoms with E-state index >= 15 is 0 Å². The molecule has 1 aromatic heterocycles. The molecule has 0 radical (unpaired) electrons. The SMILES string of the molecule is CCOP(=O)(CO[C@@H]1CC(O)[C@H](n2cnc3c2N=C(N)NC3O)O1)OCC. The van der Waals surface area contributed by atoms with E-state index in [-0.39, 0.29) is 43.5 Å². The summed E-state index contributed by atoms with van der Waals surface area (Å²) < 4.78 is 35.5. The molecule has 1 aromatic rings. The first-order valence-electron chi connectivity index (χ1n) is 8.55. The molecule has 12 nitrogen and oxygen atoms in total. The first-order chi connectivity index (χ1) is 12.9. The number of guanidine groups is 1. The standard InChI is InChI=1S/C14H24N5O7P/c1-3-24-27(22,25-4-2)7-23-9-5-8(20)13(26-9)19-6-16-10-11(19)17-14(15)18-12(10)21/h6,8-9,12-13,20-21H,3-5,7H2,1-2H3,(H3,15,17,18)/t8?,9-,12?,13+/m0/s1. The number of aromatic nitrogens is 2. The van der Waals surface area contributed by atoms with Gasteiger partial charge < -0.3 is 39.8 Å². The molecule has 4 atom stereocenters. The van der Waals surface area contributed by atoms with Gasteiger partial charge in [-0.3, -0.25) is 9.13 Å². The van der Waals surface area contributed by atoms with Crippen LogP contribution in [0.4, 0.5) is 5.82 Å². The number of fused-ring (bicyclic) bond motifs is 1. The van der Waals surface area contributed by atoms with Crippen molar-refractivity contribution in [2.24, 2.45) is 10.7 Å². The van der Waals surface area contributed by atoms with E-state index in [9.17, 15) is 14.8 Å². The fourth-order valence-electron chi connectivity index (χ4n) is 2.87. The molecule has 0 aromatic carbocycles. The van der Waals surface area contributed by atoms with E-state index in [0.717, 1.165) is 0 Å². The van der Waals surface area contributed by atoms with Gasteiger partial charge in [0.1, 0.15) is 11.8 Å². The summed E-state index contributed by atoms with van der Waals surface area (Å²) in [5.41, 5.74) is 5.90. The predicted molar refractivity (Wildman–Crippen MR) is 92.9 cm³/mol. The highest BCUT2D eigenvalue weighted by molar-refractivity contribution is 7.53. The van der Waals surface area contributed by atoms with Crippen LogP contribution < -0.4 is 11.1 Å². The molecule has 13 heteroatoms. The Morgan fingerprint density at radius 3 is 2.78 bits per heavy atom. The maximum Gasteiger partial charge on any atom is 0.356 e. The number of imidazole rings is 1. The lowest BCUT2D eigenvalue weighted by atomic mass is 10.2. The summed E-state index contributed by atoms with van der Waals surface area (Å²) in [6.45, 7) is 3.84. The number of hydrogen-bond acceptors (Lipinski definition) is 11. The van der Waals surface area contributed by atoms with Gasteiger partial charge in [0.25, 0.3) is 0 Å². The molecular weight excluding hydrogens is 381 g/mol. The highest BCUT2D eigenvalue weighted by Gasteiger charge is 2.40. The lowest BCUT2D eigenvalue weighted by molar-refractivity contribution is -0.146. The number of aliphatic hydroxyl groups excluding tert-OH is 2. The van der Waals surface area contributed by atoms with E-state index < -0.39 is 32.4 Å². The minimum Gasteiger partial charge on any atom is -0.388 e. The molecule has 1 fully saturated rings. The molecule has 0 amide bonds. The van der Waals surface area contributed by atoms with Crippen molar-refractivity contribution < 1.29 is 33.3 Å². The van der Waals surface area contributed by atoms with Gasteiger partial charge in [0.15, 0.2) is 36.9 Å². The minimum atomic E-state index is -3.39. The quantitative estimate of drug-likeness (QED) is 0.441. The summed E-state index contributed by atoms with van der Waals surface area (Å²) in [7, 11) is -3.39. The van der Waals surface area contributed by atoms with Gasteiger partial charge in [-0.1, -0.05) is 0 Å². The average molecular weight is 405 g/mol. The van der Waals surface area contributed by atoms with Crippen molar-refractivity contribution in [3.8, 4) is 0 Å². The number of hydrogen-bond donors (Lipinski definition) is 4. The Bertz CT molecular complexity index is 731. The number of nitrogens with one attached hydrogen (secondary N) is 1. The van der Waals surface area contributed by atoms with Crippen LogP contribution in [0, 0.1) is 0 Å². The molecule has 2 aliphatic rings. The van der Waals surface area contributed by atoms with Crippen molar-refractivity contribution >= 4 is 19.4 Å². The van der Waals surface area contributed by atoms with Gasteiger partial charge in [0, 0.05) is 6.42 Å². The van der Waals surface area contributed by atoms with Crippen LogP contribution in [0.2, 0.25) is 0 Å². The monoisotopic (exact) mass is 405 g/mol. The van der Waals surface area contributed by atoms with Gasteiger partial charge in [-0.2, -0.15) is 4.99 Å². The van der Waals surface area contributed by atoms with Crippen molar-refractivity contribution in [3.05, 3.63) is 12.0 Å². The van der Waals surface area contributed by atoms with Crippen molar-refractivity contribution in [3.63, 3.8) is 0 Å². The second kappa shape index (κ2) is 8.23. The maximum atomic E-state index is 12.5. The number of nitrogens with two attached hydrogens (primary N) is 1. The summed E-state index contributed by atoms with van der Waals surface area (Å²) in [5.74, 6) is 0.296. The van der Waals surface area contributed by atoms with Gasteiger partial charge in [-0.05, 0) is 13.8 Å². The van der Waals surface area contributed by atoms with E-state index in [0.29, 0.717) is 0 Å². The van der Waals surface area contributed by atoms with Crippen LogP contribution in [0.25, 0.3) is 0 Å². The van der Waals surface area contributed by atoms with Crippen LogP contribution in [-0.4, -0.2) is 57.7 Å². The smallest absolute Gasteiger partial charge is 0.356 e. The lowest BCUT2D eigenvalue weighted by Gasteiger charge is -2.22. The fourth-order valence-corrected chi connectivity index (χ4v) is 4.23. The zero-order chi connectivity index (χ0) is 19.6. The van der Waals surface area contributed by atoms with Crippen LogP contribution in [0.3, 0.4) is 0 Å². The Hall–Kier alpha value is -1.53. The van der Waals surface area contributed by atoms with E-state index in [1.54, 1.807) is 13.8 Å². The molecule has 0 saturated carbocycles. The number of aliphatic imine (C=N–C) groups is 1. The minimum absolute atomic E-state index is 0.0198. The molecular formula is C14H24N5O7P. The molecule has 1 saturated heterocycles. The third-order valence-electron chi connectivity index (χ3n) is 3.96. The van der Waals surface area contributed by atoms with Crippen LogP contribution in [0.5, 0.6) is 0 Å². The molecule has 3 rings (SSSR count). The maximum absolute atomic E-state index is 12.5. The second-order valence-electron chi connectivity index (χ2n) is 5.91. The van der Waals surface area contributed by atoms with Crippen molar-refractivity contribution in [1.29, 1.82) is 0 Å². The van der Waals surface area contributed by atoms with Gasteiger partial charge in [0.05, 0.1) is 19.5 Å². The molecule has 0 spiro atoms. The van der Waals surface area contributed by atoms with Crippen molar-refractivity contribution in [2.75, 3.05) is 19.6 Å². The molecule has 0 aliphatic carbocycles. The summed E-state index contributed by atoms with van der Waals surface area (Å²) in [5, 5.41) is 22.8. The van der Waals surface area contributed by atoms with Gasteiger partial charge >= 0.3 is 7.60 Å². The zero-order valence-electron chi connectivity index (χ0n) is 15.0. The normalized spacial score (nSPS) is 27.9. The molecule has 2 aliphatic heterocycles. The molecule has 27 heavy (non-hydrogen) atoms. The molecule has 5 N–H and O–H groups in total. The van der Waals surface area contributed by atoms with Gasteiger partial charge in [-0.25, -0.2) is 4.98 Å². The highest BCUT2D eigenvalue weighted by atomic mass is 31.2. The van der Waals surface area contributed by atoms with E-state index in [2.05, 4.69) is 15.3 Å². The molecule has 0 bridgehead atoms. The summed E-state index contributed by atoms with van der Waals surface area (Å²) in [6.07, 6.45) is -2.50. The highest BCUT2D eigenvalue weighted by Crippen LogP contribution is 2.49. The second-order valence-corrected chi connectivity index (χ2v) is 7.90. The van der Waals surface area contributed by atoms with Crippen LogP contribution >= 0.6 is 7.60 Å². The predicted octanol–water partition coefficient (Wildman–Crippen LogP) is 0.269. The summed E-state index contributed by atoms with van der Waals surface area (Å²) in [6, 6.07) is 0. The summed E-state index contributed by atoms with van der Waals surface area (Å²) >= 11 is 0. The Kier molecular flexibility index (Phi) is 6.16. The van der Waals surface area contributed by atoms with Gasteiger partial charge in [0.2, 0.25) is 0 Å². The van der Waals surface area contributed by atoms with Gasteiger partial charge in [-0.15, -0.1) is 0 Å². The van der Waals surface area contributed by atoms with Crippen molar-refractivity contribution in [2.45, 2.75) is 45.1 Å². The Labute approximate surface area is 155 Å². The third-order valence-corrected chi connectivity index (χ3v) is 5.73.